The molecule has 2 aliphatic heterocycles. The highest BCUT2D eigenvalue weighted by Gasteiger charge is 2.47. The molecule has 6 atom stereocenters. The lowest BCUT2D eigenvalue weighted by atomic mass is 9.76. The van der Waals surface area contributed by atoms with Gasteiger partial charge in [0.1, 0.15) is 0 Å². The number of rotatable bonds is 9. The minimum Gasteiger partial charge on any atom is -0.513 e. The van der Waals surface area contributed by atoms with E-state index in [1.807, 2.05) is 42.1 Å². The lowest BCUT2D eigenvalue weighted by molar-refractivity contribution is 0.0883. The summed E-state index contributed by atoms with van der Waals surface area (Å²) in [5.74, 6) is 3.04. The molecule has 0 aromatic heterocycles. The SMILES string of the molecule is CCSC/C=C(\O)C[C@H]1[C@@H](/C=C/C(O)C(C)c2ccccc2)[C@H]2CC[C@@H]1O2. The molecular weight excluding hydrogens is 356 g/mol. The summed E-state index contributed by atoms with van der Waals surface area (Å²) in [5.41, 5.74) is 1.14. The lowest BCUT2D eigenvalue weighted by Gasteiger charge is -2.26. The highest BCUT2D eigenvalue weighted by molar-refractivity contribution is 7.99. The van der Waals surface area contributed by atoms with E-state index in [4.69, 9.17) is 4.74 Å². The first-order valence-corrected chi connectivity index (χ1v) is 11.3. The average molecular weight is 389 g/mol. The zero-order valence-corrected chi connectivity index (χ0v) is 17.1. The van der Waals surface area contributed by atoms with E-state index >= 15 is 0 Å². The minimum atomic E-state index is -0.516. The largest absolute Gasteiger partial charge is 0.513 e. The third kappa shape index (κ3) is 5.18. The molecule has 0 amide bonds. The van der Waals surface area contributed by atoms with Crippen LogP contribution in [0.25, 0.3) is 0 Å². The van der Waals surface area contributed by atoms with Gasteiger partial charge < -0.3 is 14.9 Å². The number of hydrogen-bond donors (Lipinski definition) is 2. The van der Waals surface area contributed by atoms with Crippen LogP contribution >= 0.6 is 11.8 Å². The van der Waals surface area contributed by atoms with E-state index in [0.29, 0.717) is 18.1 Å². The molecule has 2 bridgehead atoms. The number of thioether (sulfide) groups is 1. The average Bonchev–Trinajstić information content (AvgIpc) is 3.28. The predicted molar refractivity (Wildman–Crippen MR) is 113 cm³/mol. The Bertz CT molecular complexity index is 642. The highest BCUT2D eigenvalue weighted by Crippen LogP contribution is 2.46. The zero-order valence-electron chi connectivity index (χ0n) is 16.3. The predicted octanol–water partition coefficient (Wildman–Crippen LogP) is 5.09. The monoisotopic (exact) mass is 388 g/mol. The molecule has 4 heteroatoms. The van der Waals surface area contributed by atoms with Crippen LogP contribution in [0.15, 0.2) is 54.3 Å². The molecule has 27 heavy (non-hydrogen) atoms. The van der Waals surface area contributed by atoms with Crippen molar-refractivity contribution in [1.82, 2.24) is 0 Å². The van der Waals surface area contributed by atoms with Gasteiger partial charge in [0.15, 0.2) is 0 Å². The van der Waals surface area contributed by atoms with Crippen molar-refractivity contribution in [2.75, 3.05) is 11.5 Å². The van der Waals surface area contributed by atoms with Crippen molar-refractivity contribution < 1.29 is 14.9 Å². The molecule has 0 radical (unpaired) electrons. The number of aliphatic hydroxyl groups excluding tert-OH is 2. The Balaban J connectivity index is 1.63. The first-order chi connectivity index (χ1) is 13.1. The summed E-state index contributed by atoms with van der Waals surface area (Å²) in [7, 11) is 0. The van der Waals surface area contributed by atoms with Crippen LogP contribution in [-0.4, -0.2) is 40.0 Å². The van der Waals surface area contributed by atoms with Crippen LogP contribution in [-0.2, 0) is 4.74 Å². The second-order valence-electron chi connectivity index (χ2n) is 7.67. The van der Waals surface area contributed by atoms with E-state index in [-0.39, 0.29) is 24.0 Å². The fourth-order valence-corrected chi connectivity index (χ4v) is 4.85. The van der Waals surface area contributed by atoms with E-state index in [9.17, 15) is 10.2 Å². The number of fused-ring (bicyclic) bond motifs is 2. The number of allylic oxidation sites excluding steroid dienone is 1. The normalized spacial score (nSPS) is 30.1. The summed E-state index contributed by atoms with van der Waals surface area (Å²) in [5, 5.41) is 20.9. The number of aliphatic hydroxyl groups is 2. The smallest absolute Gasteiger partial charge is 0.0895 e. The van der Waals surface area contributed by atoms with E-state index < -0.39 is 6.10 Å². The fraction of sp³-hybridized carbons (Fsp3) is 0.565. The lowest BCUT2D eigenvalue weighted by Crippen LogP contribution is -2.26. The number of ether oxygens (including phenoxy) is 1. The zero-order chi connectivity index (χ0) is 19.2. The Kier molecular flexibility index (Phi) is 7.45. The van der Waals surface area contributed by atoms with E-state index in [0.717, 1.165) is 29.9 Å². The van der Waals surface area contributed by atoms with Crippen molar-refractivity contribution >= 4 is 11.8 Å². The summed E-state index contributed by atoms with van der Waals surface area (Å²) in [6, 6.07) is 10.1. The summed E-state index contributed by atoms with van der Waals surface area (Å²) < 4.78 is 6.13. The molecule has 2 saturated heterocycles. The Morgan fingerprint density at radius 1 is 1.26 bits per heavy atom. The first kappa shape index (κ1) is 20.5. The summed E-state index contributed by atoms with van der Waals surface area (Å²) in [4.78, 5) is 0. The van der Waals surface area contributed by atoms with Crippen LogP contribution in [0.2, 0.25) is 0 Å². The van der Waals surface area contributed by atoms with Crippen LogP contribution in [0.5, 0.6) is 0 Å². The maximum absolute atomic E-state index is 10.6. The maximum Gasteiger partial charge on any atom is 0.0895 e. The van der Waals surface area contributed by atoms with Gasteiger partial charge in [0.2, 0.25) is 0 Å². The van der Waals surface area contributed by atoms with Crippen LogP contribution in [0.3, 0.4) is 0 Å². The summed E-state index contributed by atoms with van der Waals surface area (Å²) >= 11 is 1.81. The van der Waals surface area contributed by atoms with Crippen molar-refractivity contribution in [1.29, 1.82) is 0 Å². The van der Waals surface area contributed by atoms with Gasteiger partial charge in [-0.05, 0) is 30.2 Å². The minimum absolute atomic E-state index is 0.0553. The molecule has 2 fully saturated rings. The number of benzene rings is 1. The molecule has 1 aromatic carbocycles. The quantitative estimate of drug-likeness (QED) is 0.352. The molecule has 3 rings (SSSR count). The van der Waals surface area contributed by atoms with Crippen LogP contribution in [0, 0.1) is 11.8 Å². The van der Waals surface area contributed by atoms with Gasteiger partial charge in [-0.1, -0.05) is 56.3 Å². The van der Waals surface area contributed by atoms with Gasteiger partial charge >= 0.3 is 0 Å². The Morgan fingerprint density at radius 3 is 2.74 bits per heavy atom. The van der Waals surface area contributed by atoms with Gasteiger partial charge in [-0.25, -0.2) is 0 Å². The topological polar surface area (TPSA) is 49.7 Å². The molecule has 3 nitrogen and oxygen atoms in total. The summed E-state index contributed by atoms with van der Waals surface area (Å²) in [6.07, 6.45) is 8.81. The second kappa shape index (κ2) is 9.81. The highest BCUT2D eigenvalue weighted by atomic mass is 32.2. The molecule has 2 aliphatic rings. The molecule has 1 aromatic rings. The van der Waals surface area contributed by atoms with Crippen molar-refractivity contribution in [3.05, 3.63) is 59.9 Å². The molecule has 148 valence electrons. The van der Waals surface area contributed by atoms with Gasteiger partial charge in [0, 0.05) is 29.9 Å². The Hall–Kier alpha value is -1.23. The molecule has 2 unspecified atom stereocenters. The van der Waals surface area contributed by atoms with Gasteiger partial charge in [0.05, 0.1) is 24.1 Å². The Morgan fingerprint density at radius 2 is 2.00 bits per heavy atom. The van der Waals surface area contributed by atoms with E-state index in [2.05, 4.69) is 32.1 Å². The standard InChI is InChI=1S/C23H32O3S/c1-3-27-14-13-18(24)15-20-19(22-11-12-23(20)26-22)9-10-21(25)16(2)17-7-5-4-6-8-17/h4-10,13,16,19-25H,3,11-12,14-15H2,1-2H3/b10-9+,18-13-/t16?,19-,20+,21?,22-,23+/m1/s1. The van der Waals surface area contributed by atoms with Crippen molar-refractivity contribution in [3.8, 4) is 0 Å². The van der Waals surface area contributed by atoms with Crippen LogP contribution < -0.4 is 0 Å². The van der Waals surface area contributed by atoms with Crippen LogP contribution in [0.4, 0.5) is 0 Å². The molecule has 0 saturated carbocycles. The van der Waals surface area contributed by atoms with E-state index in [1.165, 1.54) is 0 Å². The van der Waals surface area contributed by atoms with Gasteiger partial charge in [-0.15, -0.1) is 0 Å². The van der Waals surface area contributed by atoms with Gasteiger partial charge in [-0.2, -0.15) is 11.8 Å². The number of hydrogen-bond acceptors (Lipinski definition) is 4. The van der Waals surface area contributed by atoms with Gasteiger partial charge in [0.25, 0.3) is 0 Å². The third-order valence-corrected chi connectivity index (χ3v) is 6.75. The maximum atomic E-state index is 10.6. The van der Waals surface area contributed by atoms with Crippen molar-refractivity contribution in [3.63, 3.8) is 0 Å². The van der Waals surface area contributed by atoms with Crippen LogP contribution in [0.1, 0.15) is 44.6 Å². The molecular formula is C23H32O3S. The molecule has 0 aliphatic carbocycles. The molecule has 2 N–H and O–H groups in total. The second-order valence-corrected chi connectivity index (χ2v) is 8.98. The Labute approximate surface area is 167 Å². The van der Waals surface area contributed by atoms with E-state index in [1.54, 1.807) is 0 Å². The molecule has 0 spiro atoms. The summed E-state index contributed by atoms with van der Waals surface area (Å²) in [6.45, 7) is 4.18. The fourth-order valence-electron chi connectivity index (χ4n) is 4.31. The van der Waals surface area contributed by atoms with Gasteiger partial charge in [-0.3, -0.25) is 0 Å². The van der Waals surface area contributed by atoms with Crippen molar-refractivity contribution in [2.45, 2.75) is 57.3 Å². The van der Waals surface area contributed by atoms with Crippen molar-refractivity contribution in [2.24, 2.45) is 11.8 Å². The first-order valence-electron chi connectivity index (χ1n) is 10.1. The molecule has 2 heterocycles. The third-order valence-electron chi connectivity index (χ3n) is 5.94.